The second-order valence-corrected chi connectivity index (χ2v) is 11.6. The minimum Gasteiger partial charge on any atom is -0.354 e. The lowest BCUT2D eigenvalue weighted by Crippen LogP contribution is -2.51. The van der Waals surface area contributed by atoms with Crippen LogP contribution in [0.4, 0.5) is 10.1 Å². The van der Waals surface area contributed by atoms with Crippen molar-refractivity contribution >= 4 is 43.5 Å². The minimum absolute atomic E-state index is 0.0129. The molecule has 202 valence electrons. The summed E-state index contributed by atoms with van der Waals surface area (Å²) in [5.41, 5.74) is 0.895. The Bertz CT molecular complexity index is 1340. The van der Waals surface area contributed by atoms with Gasteiger partial charge in [-0.1, -0.05) is 59.6 Å². The molecule has 2 amide bonds. The highest BCUT2D eigenvalue weighted by Crippen LogP contribution is 2.25. The smallest absolute Gasteiger partial charge is 0.264 e. The van der Waals surface area contributed by atoms with Crippen molar-refractivity contribution in [1.82, 2.24) is 10.2 Å². The molecule has 1 atom stereocenters. The van der Waals surface area contributed by atoms with Crippen LogP contribution >= 0.6 is 15.9 Å². The van der Waals surface area contributed by atoms with Gasteiger partial charge < -0.3 is 10.2 Å². The van der Waals surface area contributed by atoms with Gasteiger partial charge in [0.2, 0.25) is 11.8 Å². The van der Waals surface area contributed by atoms with Gasteiger partial charge in [-0.15, -0.1) is 0 Å². The number of halogens is 2. The van der Waals surface area contributed by atoms with E-state index in [0.717, 1.165) is 39.3 Å². The fraction of sp³-hybridized carbons (Fsp3) is 0.286. The Labute approximate surface area is 231 Å². The average molecular weight is 605 g/mol. The molecule has 0 aliphatic carbocycles. The molecule has 1 unspecified atom stereocenters. The zero-order valence-corrected chi connectivity index (χ0v) is 23.7. The SMILES string of the molecule is CCCCNC(=O)C(C)N(Cc1cccc(Br)c1)C(=O)CN(c1ccc(F)cc1)S(=O)(=O)c1ccccc1. The van der Waals surface area contributed by atoms with Crippen LogP contribution in [0, 0.1) is 5.82 Å². The lowest BCUT2D eigenvalue weighted by Gasteiger charge is -2.32. The summed E-state index contributed by atoms with van der Waals surface area (Å²) in [7, 11) is -4.18. The quantitative estimate of drug-likeness (QED) is 0.291. The molecule has 0 heterocycles. The van der Waals surface area contributed by atoms with Gasteiger partial charge in [0.1, 0.15) is 18.4 Å². The molecule has 0 bridgehead atoms. The Hall–Kier alpha value is -3.24. The lowest BCUT2D eigenvalue weighted by atomic mass is 10.1. The fourth-order valence-corrected chi connectivity index (χ4v) is 5.69. The van der Waals surface area contributed by atoms with E-state index in [1.54, 1.807) is 25.1 Å². The second-order valence-electron chi connectivity index (χ2n) is 8.77. The highest BCUT2D eigenvalue weighted by molar-refractivity contribution is 9.10. The maximum absolute atomic E-state index is 13.8. The van der Waals surface area contributed by atoms with E-state index in [2.05, 4.69) is 21.2 Å². The summed E-state index contributed by atoms with van der Waals surface area (Å²) in [5, 5.41) is 2.85. The first kappa shape index (κ1) is 29.3. The molecular formula is C28H31BrFN3O4S. The summed E-state index contributed by atoms with van der Waals surface area (Å²) < 4.78 is 42.7. The lowest BCUT2D eigenvalue weighted by molar-refractivity contribution is -0.139. The van der Waals surface area contributed by atoms with Crippen LogP contribution in [-0.4, -0.2) is 44.3 Å². The Morgan fingerprint density at radius 1 is 1.00 bits per heavy atom. The van der Waals surface area contributed by atoms with Gasteiger partial charge in [0.15, 0.2) is 0 Å². The van der Waals surface area contributed by atoms with E-state index < -0.39 is 34.3 Å². The molecule has 0 radical (unpaired) electrons. The van der Waals surface area contributed by atoms with Gasteiger partial charge in [0.25, 0.3) is 10.0 Å². The van der Waals surface area contributed by atoms with Crippen molar-refractivity contribution in [2.45, 2.75) is 44.2 Å². The summed E-state index contributed by atoms with van der Waals surface area (Å²) >= 11 is 3.42. The van der Waals surface area contributed by atoms with E-state index in [1.807, 2.05) is 31.2 Å². The summed E-state index contributed by atoms with van der Waals surface area (Å²) in [6, 6.07) is 19.1. The molecule has 3 aromatic carbocycles. The van der Waals surface area contributed by atoms with Crippen molar-refractivity contribution in [3.63, 3.8) is 0 Å². The summed E-state index contributed by atoms with van der Waals surface area (Å²) in [5.74, 6) is -1.45. The number of nitrogens with one attached hydrogen (secondary N) is 1. The number of hydrogen-bond donors (Lipinski definition) is 1. The molecule has 0 aliphatic heterocycles. The van der Waals surface area contributed by atoms with Gasteiger partial charge in [-0.25, -0.2) is 12.8 Å². The van der Waals surface area contributed by atoms with Crippen LogP contribution in [0.25, 0.3) is 0 Å². The number of sulfonamides is 1. The number of benzene rings is 3. The first-order valence-corrected chi connectivity index (χ1v) is 14.5. The molecule has 0 spiro atoms. The summed E-state index contributed by atoms with van der Waals surface area (Å²) in [6.07, 6.45) is 1.70. The first-order valence-electron chi connectivity index (χ1n) is 12.3. The third-order valence-corrected chi connectivity index (χ3v) is 8.24. The van der Waals surface area contributed by atoms with Crippen molar-refractivity contribution < 1.29 is 22.4 Å². The van der Waals surface area contributed by atoms with E-state index in [9.17, 15) is 22.4 Å². The van der Waals surface area contributed by atoms with Crippen molar-refractivity contribution in [1.29, 1.82) is 0 Å². The molecule has 3 rings (SSSR count). The van der Waals surface area contributed by atoms with Crippen LogP contribution < -0.4 is 9.62 Å². The van der Waals surface area contributed by atoms with Crippen molar-refractivity contribution in [2.24, 2.45) is 0 Å². The van der Waals surface area contributed by atoms with Crippen molar-refractivity contribution in [3.8, 4) is 0 Å². The Balaban J connectivity index is 1.98. The fourth-order valence-electron chi connectivity index (χ4n) is 3.81. The largest absolute Gasteiger partial charge is 0.354 e. The molecule has 0 aliphatic rings. The highest BCUT2D eigenvalue weighted by Gasteiger charge is 2.32. The van der Waals surface area contributed by atoms with Gasteiger partial charge in [0.05, 0.1) is 10.6 Å². The number of anilines is 1. The minimum atomic E-state index is -4.18. The van der Waals surface area contributed by atoms with Gasteiger partial charge in [-0.05, 0) is 67.4 Å². The molecule has 38 heavy (non-hydrogen) atoms. The maximum atomic E-state index is 13.8. The predicted octanol–water partition coefficient (Wildman–Crippen LogP) is 5.12. The zero-order valence-electron chi connectivity index (χ0n) is 21.3. The average Bonchev–Trinajstić information content (AvgIpc) is 2.91. The van der Waals surface area contributed by atoms with E-state index >= 15 is 0 Å². The molecule has 0 saturated carbocycles. The highest BCUT2D eigenvalue weighted by atomic mass is 79.9. The predicted molar refractivity (Wildman–Crippen MR) is 149 cm³/mol. The zero-order chi connectivity index (χ0) is 27.7. The first-order chi connectivity index (χ1) is 18.1. The van der Waals surface area contributed by atoms with E-state index in [-0.39, 0.29) is 23.0 Å². The second kappa shape index (κ2) is 13.5. The number of unbranched alkanes of at least 4 members (excludes halogenated alkanes) is 1. The number of carbonyl (C=O) groups is 2. The molecule has 7 nitrogen and oxygen atoms in total. The van der Waals surface area contributed by atoms with E-state index in [4.69, 9.17) is 0 Å². The number of nitrogens with zero attached hydrogens (tertiary/aromatic N) is 2. The third kappa shape index (κ3) is 7.64. The number of amides is 2. The summed E-state index contributed by atoms with van der Waals surface area (Å²) in [6.45, 7) is 3.61. The maximum Gasteiger partial charge on any atom is 0.264 e. The van der Waals surface area contributed by atoms with E-state index in [1.165, 1.54) is 29.2 Å². The monoisotopic (exact) mass is 603 g/mol. The Morgan fingerprint density at radius 2 is 1.68 bits per heavy atom. The Morgan fingerprint density at radius 3 is 2.32 bits per heavy atom. The topological polar surface area (TPSA) is 86.8 Å². The van der Waals surface area contributed by atoms with Gasteiger partial charge in [-0.3, -0.25) is 13.9 Å². The summed E-state index contributed by atoms with van der Waals surface area (Å²) in [4.78, 5) is 28.1. The number of hydrogen-bond acceptors (Lipinski definition) is 4. The van der Waals surface area contributed by atoms with Crippen LogP contribution in [0.5, 0.6) is 0 Å². The molecule has 10 heteroatoms. The van der Waals surface area contributed by atoms with Crippen LogP contribution in [0.3, 0.4) is 0 Å². The van der Waals surface area contributed by atoms with E-state index in [0.29, 0.717) is 6.54 Å². The standard InChI is InChI=1S/C28H31BrFN3O4S/c1-3-4-17-31-28(35)21(2)32(19-22-9-8-10-23(29)18-22)27(34)20-33(25-15-13-24(30)14-16-25)38(36,37)26-11-6-5-7-12-26/h5-16,18,21H,3-4,17,19-20H2,1-2H3,(H,31,35). The molecule has 0 fully saturated rings. The number of rotatable bonds is 12. The van der Waals surface area contributed by atoms with Gasteiger partial charge in [-0.2, -0.15) is 0 Å². The van der Waals surface area contributed by atoms with Crippen LogP contribution in [0.1, 0.15) is 32.3 Å². The van der Waals surface area contributed by atoms with Crippen LogP contribution in [0.15, 0.2) is 88.2 Å². The third-order valence-electron chi connectivity index (χ3n) is 5.96. The Kier molecular flexibility index (Phi) is 10.4. The van der Waals surface area contributed by atoms with Crippen molar-refractivity contribution in [2.75, 3.05) is 17.4 Å². The van der Waals surface area contributed by atoms with Gasteiger partial charge >= 0.3 is 0 Å². The number of carbonyl (C=O) groups excluding carboxylic acids is 2. The van der Waals surface area contributed by atoms with Crippen LogP contribution in [-0.2, 0) is 26.2 Å². The molecule has 0 saturated heterocycles. The van der Waals surface area contributed by atoms with Crippen molar-refractivity contribution in [3.05, 3.63) is 94.7 Å². The van der Waals surface area contributed by atoms with Gasteiger partial charge in [0, 0.05) is 17.6 Å². The molecule has 1 N–H and O–H groups in total. The molecule has 0 aromatic heterocycles. The molecule has 3 aromatic rings. The molecular weight excluding hydrogens is 573 g/mol. The van der Waals surface area contributed by atoms with Crippen LogP contribution in [0.2, 0.25) is 0 Å². The normalized spacial score (nSPS) is 12.0.